The monoisotopic (exact) mass is 192 g/mol. The second-order valence-corrected chi connectivity index (χ2v) is 4.19. The molecule has 0 atom stereocenters. The van der Waals surface area contributed by atoms with Crippen LogP contribution in [0.15, 0.2) is 18.2 Å². The van der Waals surface area contributed by atoms with Crippen LogP contribution >= 0.6 is 0 Å². The van der Waals surface area contributed by atoms with Crippen LogP contribution in [0.4, 0.5) is 0 Å². The van der Waals surface area contributed by atoms with E-state index >= 15 is 0 Å². The lowest BCUT2D eigenvalue weighted by Gasteiger charge is -2.09. The summed E-state index contributed by atoms with van der Waals surface area (Å²) in [6.45, 7) is 6.49. The third kappa shape index (κ3) is 3.06. The van der Waals surface area contributed by atoms with Crippen LogP contribution in [0.1, 0.15) is 50.7 Å². The van der Waals surface area contributed by atoms with Gasteiger partial charge >= 0.3 is 0 Å². The van der Waals surface area contributed by atoms with E-state index in [9.17, 15) is 5.11 Å². The maximum Gasteiger partial charge on any atom is 0.116 e. The Balaban J connectivity index is 2.84. The molecule has 0 radical (unpaired) electrons. The van der Waals surface area contributed by atoms with Gasteiger partial charge in [-0.05, 0) is 42.0 Å². The fourth-order valence-corrected chi connectivity index (χ4v) is 1.56. The van der Waals surface area contributed by atoms with E-state index < -0.39 is 0 Å². The Labute approximate surface area is 86.8 Å². The van der Waals surface area contributed by atoms with Gasteiger partial charge in [-0.15, -0.1) is 0 Å². The Morgan fingerprint density at radius 3 is 2.50 bits per heavy atom. The number of aryl methyl sites for hydroxylation is 1. The number of rotatable bonds is 4. The summed E-state index contributed by atoms with van der Waals surface area (Å²) in [5.41, 5.74) is 2.49. The third-order valence-corrected chi connectivity index (χ3v) is 2.49. The van der Waals surface area contributed by atoms with E-state index in [0.717, 1.165) is 6.42 Å². The molecule has 0 bridgehead atoms. The lowest BCUT2D eigenvalue weighted by atomic mass is 9.98. The second kappa shape index (κ2) is 5.04. The molecule has 14 heavy (non-hydrogen) atoms. The third-order valence-electron chi connectivity index (χ3n) is 2.49. The molecule has 0 spiro atoms. The largest absolute Gasteiger partial charge is 0.508 e. The number of hydrogen-bond donors (Lipinski definition) is 1. The van der Waals surface area contributed by atoms with Gasteiger partial charge in [0.1, 0.15) is 5.75 Å². The van der Waals surface area contributed by atoms with Crippen molar-refractivity contribution in [2.24, 2.45) is 0 Å². The fraction of sp³-hybridized carbons (Fsp3) is 0.538. The van der Waals surface area contributed by atoms with Crippen LogP contribution < -0.4 is 0 Å². The van der Waals surface area contributed by atoms with Crippen LogP contribution in [0.25, 0.3) is 0 Å². The maximum absolute atomic E-state index is 9.54. The predicted octanol–water partition coefficient (Wildman–Crippen LogP) is 3.86. The van der Waals surface area contributed by atoms with E-state index in [1.807, 2.05) is 12.1 Å². The highest BCUT2D eigenvalue weighted by molar-refractivity contribution is 5.35. The summed E-state index contributed by atoms with van der Waals surface area (Å²) in [6.07, 6.45) is 3.47. The van der Waals surface area contributed by atoms with Gasteiger partial charge in [0.05, 0.1) is 0 Å². The van der Waals surface area contributed by atoms with Gasteiger partial charge < -0.3 is 5.11 Å². The highest BCUT2D eigenvalue weighted by Crippen LogP contribution is 2.23. The highest BCUT2D eigenvalue weighted by atomic mass is 16.3. The minimum Gasteiger partial charge on any atom is -0.508 e. The van der Waals surface area contributed by atoms with Crippen LogP contribution in [-0.2, 0) is 6.42 Å². The van der Waals surface area contributed by atoms with Crippen molar-refractivity contribution in [1.29, 1.82) is 0 Å². The molecule has 0 heterocycles. The molecule has 1 N–H and O–H groups in total. The predicted molar refractivity (Wildman–Crippen MR) is 60.8 cm³/mol. The Morgan fingerprint density at radius 2 is 1.93 bits per heavy atom. The molecule has 0 aliphatic carbocycles. The summed E-state index contributed by atoms with van der Waals surface area (Å²) in [5.74, 6) is 0.893. The van der Waals surface area contributed by atoms with Gasteiger partial charge in [-0.1, -0.05) is 33.3 Å². The summed E-state index contributed by atoms with van der Waals surface area (Å²) >= 11 is 0. The van der Waals surface area contributed by atoms with Crippen LogP contribution in [0, 0.1) is 0 Å². The lowest BCUT2D eigenvalue weighted by molar-refractivity contribution is 0.473. The summed E-state index contributed by atoms with van der Waals surface area (Å²) in [5, 5.41) is 9.54. The molecule has 1 rings (SSSR count). The van der Waals surface area contributed by atoms with E-state index in [-0.39, 0.29) is 0 Å². The molecule has 0 aliphatic rings. The second-order valence-electron chi connectivity index (χ2n) is 4.19. The van der Waals surface area contributed by atoms with Crippen LogP contribution in [0.3, 0.4) is 0 Å². The molecular formula is C13H20O. The summed E-state index contributed by atoms with van der Waals surface area (Å²) in [7, 11) is 0. The zero-order chi connectivity index (χ0) is 10.6. The van der Waals surface area contributed by atoms with Gasteiger partial charge in [0, 0.05) is 0 Å². The molecule has 0 saturated heterocycles. The number of aromatic hydroxyl groups is 1. The molecule has 0 aliphatic heterocycles. The van der Waals surface area contributed by atoms with Gasteiger partial charge in [0.2, 0.25) is 0 Å². The number of hydrogen-bond acceptors (Lipinski definition) is 1. The maximum atomic E-state index is 9.54. The standard InChI is InChI=1S/C13H20O/c1-4-5-6-11-7-12(10(2)3)9-13(14)8-11/h7-10,14H,4-6H2,1-3H3. The van der Waals surface area contributed by atoms with Gasteiger partial charge in [-0.25, -0.2) is 0 Å². The number of phenols is 1. The minimum atomic E-state index is 0.405. The summed E-state index contributed by atoms with van der Waals surface area (Å²) < 4.78 is 0. The Hall–Kier alpha value is -0.980. The van der Waals surface area contributed by atoms with Crippen molar-refractivity contribution in [1.82, 2.24) is 0 Å². The molecular weight excluding hydrogens is 172 g/mol. The van der Waals surface area contributed by atoms with E-state index in [0.29, 0.717) is 11.7 Å². The molecule has 78 valence electrons. The quantitative estimate of drug-likeness (QED) is 0.768. The van der Waals surface area contributed by atoms with Crippen molar-refractivity contribution in [2.45, 2.75) is 46.0 Å². The molecule has 1 heteroatoms. The van der Waals surface area contributed by atoms with E-state index in [1.54, 1.807) is 0 Å². The van der Waals surface area contributed by atoms with Gasteiger partial charge in [0.25, 0.3) is 0 Å². The van der Waals surface area contributed by atoms with Crippen molar-refractivity contribution < 1.29 is 5.11 Å². The molecule has 1 aromatic rings. The first-order chi connectivity index (χ1) is 6.63. The first-order valence-corrected chi connectivity index (χ1v) is 5.46. The zero-order valence-electron chi connectivity index (χ0n) is 9.38. The number of phenolic OH excluding ortho intramolecular Hbond substituents is 1. The van der Waals surface area contributed by atoms with Gasteiger partial charge in [-0.2, -0.15) is 0 Å². The molecule has 0 aromatic heterocycles. The van der Waals surface area contributed by atoms with Gasteiger partial charge in [0.15, 0.2) is 0 Å². The summed E-state index contributed by atoms with van der Waals surface area (Å²) in [6, 6.07) is 5.95. The first kappa shape index (κ1) is 11.1. The van der Waals surface area contributed by atoms with Crippen LogP contribution in [0.2, 0.25) is 0 Å². The average Bonchev–Trinajstić information content (AvgIpc) is 2.14. The molecule has 0 unspecified atom stereocenters. The Morgan fingerprint density at radius 1 is 1.21 bits per heavy atom. The normalized spacial score (nSPS) is 10.9. The average molecular weight is 192 g/mol. The topological polar surface area (TPSA) is 20.2 Å². The van der Waals surface area contributed by atoms with Crippen molar-refractivity contribution in [3.63, 3.8) is 0 Å². The van der Waals surface area contributed by atoms with Crippen molar-refractivity contribution in [3.8, 4) is 5.75 Å². The Bertz CT molecular complexity index is 289. The van der Waals surface area contributed by atoms with E-state index in [2.05, 4.69) is 26.8 Å². The van der Waals surface area contributed by atoms with Crippen molar-refractivity contribution in [2.75, 3.05) is 0 Å². The SMILES string of the molecule is CCCCc1cc(O)cc(C(C)C)c1. The van der Waals surface area contributed by atoms with Crippen LogP contribution in [-0.4, -0.2) is 5.11 Å². The zero-order valence-corrected chi connectivity index (χ0v) is 9.38. The molecule has 0 saturated carbocycles. The molecule has 0 fully saturated rings. The molecule has 1 nitrogen and oxygen atoms in total. The summed E-state index contributed by atoms with van der Waals surface area (Å²) in [4.78, 5) is 0. The minimum absolute atomic E-state index is 0.405. The van der Waals surface area contributed by atoms with Gasteiger partial charge in [-0.3, -0.25) is 0 Å². The lowest BCUT2D eigenvalue weighted by Crippen LogP contribution is -1.91. The first-order valence-electron chi connectivity index (χ1n) is 5.46. The van der Waals surface area contributed by atoms with Crippen molar-refractivity contribution in [3.05, 3.63) is 29.3 Å². The van der Waals surface area contributed by atoms with E-state index in [1.165, 1.54) is 24.0 Å². The number of unbranched alkanes of at least 4 members (excludes halogenated alkanes) is 1. The number of benzene rings is 1. The van der Waals surface area contributed by atoms with E-state index in [4.69, 9.17) is 0 Å². The van der Waals surface area contributed by atoms with Crippen molar-refractivity contribution >= 4 is 0 Å². The fourth-order valence-electron chi connectivity index (χ4n) is 1.56. The molecule has 0 amide bonds. The molecule has 1 aromatic carbocycles. The van der Waals surface area contributed by atoms with Crippen LogP contribution in [0.5, 0.6) is 5.75 Å². The Kier molecular flexibility index (Phi) is 3.99. The smallest absolute Gasteiger partial charge is 0.116 e. The highest BCUT2D eigenvalue weighted by Gasteiger charge is 2.03.